The van der Waals surface area contributed by atoms with Crippen LogP contribution >= 0.6 is 15.9 Å². The lowest BCUT2D eigenvalue weighted by molar-refractivity contribution is -0.148. The van der Waals surface area contributed by atoms with E-state index in [4.69, 9.17) is 4.74 Å². The zero-order valence-electron chi connectivity index (χ0n) is 11.1. The minimum atomic E-state index is -0.597. The summed E-state index contributed by atoms with van der Waals surface area (Å²) in [6.45, 7) is 1.42. The Bertz CT molecular complexity index is 644. The van der Waals surface area contributed by atoms with Crippen molar-refractivity contribution in [1.29, 1.82) is 0 Å². The predicted molar refractivity (Wildman–Crippen MR) is 76.3 cm³/mol. The van der Waals surface area contributed by atoms with Crippen LogP contribution in [0.1, 0.15) is 5.56 Å². The normalized spacial score (nSPS) is 10.2. The van der Waals surface area contributed by atoms with Crippen LogP contribution in [0.2, 0.25) is 0 Å². The number of rotatable bonds is 5. The molecule has 2 aromatic rings. The average Bonchev–Trinajstić information content (AvgIpc) is 2.92. The van der Waals surface area contributed by atoms with E-state index in [-0.39, 0.29) is 13.2 Å². The average molecular weight is 354 g/mol. The number of tetrazole rings is 1. The molecular weight excluding hydrogens is 342 g/mol. The summed E-state index contributed by atoms with van der Waals surface area (Å²) >= 11 is 3.35. The molecule has 0 saturated carbocycles. The van der Waals surface area contributed by atoms with Crippen LogP contribution in [-0.2, 0) is 20.9 Å². The highest BCUT2D eigenvalue weighted by atomic mass is 79.9. The molecule has 2 rings (SSSR count). The van der Waals surface area contributed by atoms with Crippen LogP contribution in [0.15, 0.2) is 29.0 Å². The fraction of sp³-hybridized carbons (Fsp3) is 0.250. The maximum Gasteiger partial charge on any atom is 0.328 e. The van der Waals surface area contributed by atoms with Crippen molar-refractivity contribution in [2.24, 2.45) is 0 Å². The Balaban J connectivity index is 1.80. The van der Waals surface area contributed by atoms with Gasteiger partial charge in [0.1, 0.15) is 12.9 Å². The molecule has 9 heteroatoms. The Labute approximate surface area is 128 Å². The van der Waals surface area contributed by atoms with Crippen molar-refractivity contribution in [2.45, 2.75) is 13.5 Å². The molecule has 1 aromatic carbocycles. The number of hydrogen-bond acceptors (Lipinski definition) is 6. The van der Waals surface area contributed by atoms with Crippen LogP contribution < -0.4 is 5.32 Å². The predicted octanol–water partition coefficient (Wildman–Crippen LogP) is 0.926. The number of anilines is 1. The van der Waals surface area contributed by atoms with E-state index < -0.39 is 11.9 Å². The summed E-state index contributed by atoms with van der Waals surface area (Å²) in [6.07, 6.45) is 1.28. The van der Waals surface area contributed by atoms with Gasteiger partial charge in [-0.05, 0) is 51.0 Å². The number of aryl methyl sites for hydroxylation is 1. The quantitative estimate of drug-likeness (QED) is 0.802. The molecule has 8 nitrogen and oxygen atoms in total. The first-order chi connectivity index (χ1) is 10.0. The topological polar surface area (TPSA) is 99.0 Å². The third-order valence-electron chi connectivity index (χ3n) is 2.45. The van der Waals surface area contributed by atoms with Gasteiger partial charge in [0.15, 0.2) is 6.61 Å². The lowest BCUT2D eigenvalue weighted by Crippen LogP contribution is -2.23. The SMILES string of the molecule is Cc1ccc(NC(=O)COC(=O)Cn2cnnn2)c(Br)c1. The largest absolute Gasteiger partial charge is 0.454 e. The van der Waals surface area contributed by atoms with Gasteiger partial charge in [-0.25, -0.2) is 4.68 Å². The molecule has 0 unspecified atom stereocenters. The van der Waals surface area contributed by atoms with Crippen molar-refractivity contribution in [1.82, 2.24) is 20.2 Å². The van der Waals surface area contributed by atoms with Crippen molar-refractivity contribution in [3.63, 3.8) is 0 Å². The molecule has 1 amide bonds. The molecule has 0 aliphatic heterocycles. The van der Waals surface area contributed by atoms with Gasteiger partial charge in [0.25, 0.3) is 5.91 Å². The van der Waals surface area contributed by atoms with E-state index in [1.54, 1.807) is 6.07 Å². The molecule has 0 bridgehead atoms. The molecule has 0 atom stereocenters. The minimum Gasteiger partial charge on any atom is -0.454 e. The Morgan fingerprint density at radius 2 is 2.24 bits per heavy atom. The molecule has 0 radical (unpaired) electrons. The number of carbonyl (C=O) groups is 2. The van der Waals surface area contributed by atoms with Crippen molar-refractivity contribution >= 4 is 33.5 Å². The van der Waals surface area contributed by atoms with Crippen LogP contribution in [0.4, 0.5) is 5.69 Å². The van der Waals surface area contributed by atoms with Gasteiger partial charge in [-0.3, -0.25) is 9.59 Å². The zero-order valence-corrected chi connectivity index (χ0v) is 12.7. The van der Waals surface area contributed by atoms with Gasteiger partial charge < -0.3 is 10.1 Å². The number of amides is 1. The fourth-order valence-electron chi connectivity index (χ4n) is 1.48. The molecule has 0 aliphatic carbocycles. The lowest BCUT2D eigenvalue weighted by atomic mass is 10.2. The molecule has 0 spiro atoms. The number of benzene rings is 1. The van der Waals surface area contributed by atoms with Crippen LogP contribution in [0.3, 0.4) is 0 Å². The molecule has 0 saturated heterocycles. The van der Waals surface area contributed by atoms with Crippen LogP contribution in [0.25, 0.3) is 0 Å². The zero-order chi connectivity index (χ0) is 15.2. The standard InChI is InChI=1S/C12H12BrN5O3/c1-8-2-3-10(9(13)4-8)15-11(19)6-21-12(20)5-18-7-14-16-17-18/h2-4,7H,5-6H2,1H3,(H,15,19). The molecule has 0 aliphatic rings. The number of esters is 1. The number of hydrogen-bond donors (Lipinski definition) is 1. The number of carbonyl (C=O) groups excluding carboxylic acids is 2. The summed E-state index contributed by atoms with van der Waals surface area (Å²) in [5.41, 5.74) is 1.68. The second-order valence-corrected chi connectivity index (χ2v) is 5.05. The molecule has 1 N–H and O–H groups in total. The van der Waals surface area contributed by atoms with Crippen LogP contribution in [-0.4, -0.2) is 38.7 Å². The maximum absolute atomic E-state index is 11.7. The highest BCUT2D eigenvalue weighted by Gasteiger charge is 2.10. The van der Waals surface area contributed by atoms with Gasteiger partial charge in [0.2, 0.25) is 0 Å². The second kappa shape index (κ2) is 6.93. The maximum atomic E-state index is 11.7. The first kappa shape index (κ1) is 15.1. The Hall–Kier alpha value is -2.29. The summed E-state index contributed by atoms with van der Waals surface area (Å²) in [4.78, 5) is 23.2. The van der Waals surface area contributed by atoms with Gasteiger partial charge in [-0.15, -0.1) is 5.10 Å². The van der Waals surface area contributed by atoms with Gasteiger partial charge in [0.05, 0.1) is 5.69 Å². The first-order valence-electron chi connectivity index (χ1n) is 5.97. The molecule has 110 valence electrons. The van der Waals surface area contributed by atoms with Gasteiger partial charge in [-0.2, -0.15) is 0 Å². The van der Waals surface area contributed by atoms with E-state index in [1.165, 1.54) is 11.0 Å². The Kier molecular flexibility index (Phi) is 4.99. The van der Waals surface area contributed by atoms with E-state index in [0.29, 0.717) is 5.69 Å². The van der Waals surface area contributed by atoms with Crippen molar-refractivity contribution in [3.8, 4) is 0 Å². The second-order valence-electron chi connectivity index (χ2n) is 4.20. The van der Waals surface area contributed by atoms with Gasteiger partial charge in [-0.1, -0.05) is 6.07 Å². The Morgan fingerprint density at radius 3 is 2.90 bits per heavy atom. The number of nitrogens with one attached hydrogen (secondary N) is 1. The first-order valence-corrected chi connectivity index (χ1v) is 6.76. The summed E-state index contributed by atoms with van der Waals surface area (Å²) < 4.78 is 6.80. The van der Waals surface area contributed by atoms with Crippen LogP contribution in [0, 0.1) is 6.92 Å². The highest BCUT2D eigenvalue weighted by Crippen LogP contribution is 2.23. The van der Waals surface area contributed by atoms with Crippen molar-refractivity contribution in [3.05, 3.63) is 34.6 Å². The van der Waals surface area contributed by atoms with Gasteiger partial charge in [0, 0.05) is 4.47 Å². The third-order valence-corrected chi connectivity index (χ3v) is 3.10. The molecular formula is C12H12BrN5O3. The molecule has 21 heavy (non-hydrogen) atoms. The smallest absolute Gasteiger partial charge is 0.328 e. The van der Waals surface area contributed by atoms with E-state index in [0.717, 1.165) is 10.0 Å². The Morgan fingerprint density at radius 1 is 1.43 bits per heavy atom. The summed E-state index contributed by atoms with van der Waals surface area (Å²) in [7, 11) is 0. The summed E-state index contributed by atoms with van der Waals surface area (Å²) in [5, 5.41) is 12.9. The summed E-state index contributed by atoms with van der Waals surface area (Å²) in [6, 6.07) is 5.50. The lowest BCUT2D eigenvalue weighted by Gasteiger charge is -2.08. The van der Waals surface area contributed by atoms with E-state index in [1.807, 2.05) is 19.1 Å². The van der Waals surface area contributed by atoms with Crippen molar-refractivity contribution < 1.29 is 14.3 Å². The third kappa shape index (κ3) is 4.63. The van der Waals surface area contributed by atoms with E-state index in [2.05, 4.69) is 36.8 Å². The summed E-state index contributed by atoms with van der Waals surface area (Å²) in [5.74, 6) is -1.02. The monoisotopic (exact) mass is 353 g/mol. The molecule has 1 heterocycles. The molecule has 0 fully saturated rings. The van der Waals surface area contributed by atoms with Gasteiger partial charge >= 0.3 is 5.97 Å². The number of aromatic nitrogens is 4. The molecule has 1 aromatic heterocycles. The minimum absolute atomic E-state index is 0.144. The highest BCUT2D eigenvalue weighted by molar-refractivity contribution is 9.10. The number of nitrogens with zero attached hydrogens (tertiary/aromatic N) is 4. The number of ether oxygens (including phenoxy) is 1. The van der Waals surface area contributed by atoms with Crippen molar-refractivity contribution in [2.75, 3.05) is 11.9 Å². The fourth-order valence-corrected chi connectivity index (χ4v) is 2.08. The van der Waals surface area contributed by atoms with Crippen LogP contribution in [0.5, 0.6) is 0 Å². The number of halogens is 1. The van der Waals surface area contributed by atoms with E-state index >= 15 is 0 Å². The van der Waals surface area contributed by atoms with E-state index in [9.17, 15) is 9.59 Å².